The predicted molar refractivity (Wildman–Crippen MR) is 117 cm³/mol. The van der Waals surface area contributed by atoms with E-state index in [1.165, 1.54) is 23.5 Å². The maximum atomic E-state index is 12.6. The van der Waals surface area contributed by atoms with Crippen LogP contribution in [0.25, 0.3) is 20.1 Å². The van der Waals surface area contributed by atoms with Gasteiger partial charge in [-0.25, -0.2) is 18.5 Å². The number of nitrogens with one attached hydrogen (secondary N) is 1. The highest BCUT2D eigenvalue weighted by atomic mass is 32.2. The Morgan fingerprint density at radius 2 is 1.76 bits per heavy atom. The summed E-state index contributed by atoms with van der Waals surface area (Å²) >= 11 is 2.99. The first-order chi connectivity index (χ1) is 13.8. The van der Waals surface area contributed by atoms with Gasteiger partial charge in [-0.05, 0) is 48.9 Å². The van der Waals surface area contributed by atoms with E-state index in [0.717, 1.165) is 25.7 Å². The zero-order valence-corrected chi connectivity index (χ0v) is 17.8. The molecular weight excluding hydrogens is 426 g/mol. The average Bonchev–Trinajstić information content (AvgIpc) is 3.34. The molecule has 2 aromatic heterocycles. The number of carbonyl (C=O) groups excluding carboxylic acids is 1. The Morgan fingerprint density at radius 1 is 1.03 bits per heavy atom. The van der Waals surface area contributed by atoms with Gasteiger partial charge < -0.3 is 5.32 Å². The Hall–Kier alpha value is -2.59. The van der Waals surface area contributed by atoms with E-state index < -0.39 is 10.0 Å². The number of benzene rings is 2. The van der Waals surface area contributed by atoms with Crippen LogP contribution in [0.1, 0.15) is 28.2 Å². The first-order valence-corrected chi connectivity index (χ1v) is 11.9. The minimum Gasteiger partial charge on any atom is -0.345 e. The van der Waals surface area contributed by atoms with Crippen LogP contribution in [0, 0.1) is 0 Å². The van der Waals surface area contributed by atoms with Gasteiger partial charge in [0, 0.05) is 0 Å². The summed E-state index contributed by atoms with van der Waals surface area (Å²) < 4.78 is 23.8. The van der Waals surface area contributed by atoms with E-state index in [-0.39, 0.29) is 16.8 Å². The van der Waals surface area contributed by atoms with Crippen molar-refractivity contribution in [1.29, 1.82) is 0 Å². The molecule has 2 aromatic carbocycles. The number of carbonyl (C=O) groups is 1. The number of para-hydroxylation sites is 1. The van der Waals surface area contributed by atoms with Crippen molar-refractivity contribution < 1.29 is 13.2 Å². The summed E-state index contributed by atoms with van der Waals surface area (Å²) in [5, 5.41) is 8.94. The van der Waals surface area contributed by atoms with Crippen molar-refractivity contribution in [3.8, 4) is 9.88 Å². The summed E-state index contributed by atoms with van der Waals surface area (Å²) in [7, 11) is -3.74. The Kier molecular flexibility index (Phi) is 5.22. The van der Waals surface area contributed by atoms with Crippen LogP contribution in [-0.4, -0.2) is 19.3 Å². The number of primary sulfonamides is 1. The van der Waals surface area contributed by atoms with E-state index >= 15 is 0 Å². The van der Waals surface area contributed by atoms with Crippen LogP contribution in [0.3, 0.4) is 0 Å². The monoisotopic (exact) mass is 443 g/mol. The van der Waals surface area contributed by atoms with Crippen LogP contribution >= 0.6 is 22.7 Å². The molecule has 0 aliphatic carbocycles. The van der Waals surface area contributed by atoms with Gasteiger partial charge in [-0.15, -0.1) is 22.7 Å². The first kappa shape index (κ1) is 19.7. The molecule has 3 N–H and O–H groups in total. The largest absolute Gasteiger partial charge is 0.345 e. The van der Waals surface area contributed by atoms with E-state index in [4.69, 9.17) is 5.14 Å². The smallest absolute Gasteiger partial charge is 0.261 e. The first-order valence-electron chi connectivity index (χ1n) is 8.71. The van der Waals surface area contributed by atoms with Crippen molar-refractivity contribution in [2.24, 2.45) is 5.14 Å². The number of thiazole rings is 1. The number of hydrogen-bond donors (Lipinski definition) is 2. The fourth-order valence-corrected chi connectivity index (χ4v) is 5.29. The van der Waals surface area contributed by atoms with E-state index in [1.807, 2.05) is 37.3 Å². The number of amides is 1. The van der Waals surface area contributed by atoms with Crippen LogP contribution in [-0.2, 0) is 10.0 Å². The molecule has 0 radical (unpaired) electrons. The quantitative estimate of drug-likeness (QED) is 0.483. The minimum absolute atomic E-state index is 0.0403. The van der Waals surface area contributed by atoms with E-state index in [9.17, 15) is 13.2 Å². The lowest BCUT2D eigenvalue weighted by Gasteiger charge is -2.14. The molecule has 0 fully saturated rings. The second kappa shape index (κ2) is 7.68. The Balaban J connectivity index is 1.49. The lowest BCUT2D eigenvalue weighted by atomic mass is 10.1. The Morgan fingerprint density at radius 3 is 2.45 bits per heavy atom. The highest BCUT2D eigenvalue weighted by molar-refractivity contribution is 7.89. The summed E-state index contributed by atoms with van der Waals surface area (Å²) in [6, 6.07) is 17.5. The van der Waals surface area contributed by atoms with Crippen LogP contribution in [0.5, 0.6) is 0 Å². The number of thiophene rings is 1. The second-order valence-electron chi connectivity index (χ2n) is 6.46. The van der Waals surface area contributed by atoms with Gasteiger partial charge in [0.25, 0.3) is 5.91 Å². The summed E-state index contributed by atoms with van der Waals surface area (Å²) in [5.41, 5.74) is 1.73. The van der Waals surface area contributed by atoms with Crippen molar-refractivity contribution >= 4 is 48.8 Å². The maximum absolute atomic E-state index is 12.6. The third-order valence-corrected chi connectivity index (χ3v) is 7.61. The van der Waals surface area contributed by atoms with Crippen molar-refractivity contribution in [2.45, 2.75) is 17.9 Å². The SMILES string of the molecule is C[C@H](NC(=O)c1ccc(-c2nc3ccccc3s2)s1)c1ccc(S(N)(=O)=O)cc1. The zero-order chi connectivity index (χ0) is 20.6. The zero-order valence-electron chi connectivity index (χ0n) is 15.3. The lowest BCUT2D eigenvalue weighted by molar-refractivity contribution is 0.0944. The molecule has 1 amide bonds. The number of nitrogens with zero attached hydrogens (tertiary/aromatic N) is 1. The summed E-state index contributed by atoms with van der Waals surface area (Å²) in [5.74, 6) is -0.189. The molecule has 29 heavy (non-hydrogen) atoms. The number of rotatable bonds is 5. The maximum Gasteiger partial charge on any atom is 0.261 e. The molecule has 148 valence electrons. The molecule has 4 rings (SSSR count). The molecule has 0 bridgehead atoms. The lowest BCUT2D eigenvalue weighted by Crippen LogP contribution is -2.25. The molecule has 0 aliphatic heterocycles. The fraction of sp³-hybridized carbons (Fsp3) is 0.100. The average molecular weight is 444 g/mol. The van der Waals surface area contributed by atoms with Crippen LogP contribution in [0.15, 0.2) is 65.6 Å². The van der Waals surface area contributed by atoms with Gasteiger partial charge in [-0.2, -0.15) is 0 Å². The van der Waals surface area contributed by atoms with Gasteiger partial charge in [0.15, 0.2) is 0 Å². The normalized spacial score (nSPS) is 12.8. The number of nitrogens with two attached hydrogens (primary N) is 1. The van der Waals surface area contributed by atoms with Crippen LogP contribution in [0.2, 0.25) is 0 Å². The molecule has 0 unspecified atom stereocenters. The summed E-state index contributed by atoms with van der Waals surface area (Å²) in [6.07, 6.45) is 0. The molecule has 9 heteroatoms. The molecule has 2 heterocycles. The molecule has 4 aromatic rings. The highest BCUT2D eigenvalue weighted by Crippen LogP contribution is 2.34. The molecule has 0 saturated carbocycles. The number of fused-ring (bicyclic) bond motifs is 1. The molecule has 0 saturated heterocycles. The molecule has 0 spiro atoms. The van der Waals surface area contributed by atoms with Crippen molar-refractivity contribution in [1.82, 2.24) is 10.3 Å². The van der Waals surface area contributed by atoms with Crippen molar-refractivity contribution in [3.05, 3.63) is 71.1 Å². The van der Waals surface area contributed by atoms with Crippen LogP contribution < -0.4 is 10.5 Å². The second-order valence-corrected chi connectivity index (χ2v) is 10.1. The van der Waals surface area contributed by atoms with Crippen LogP contribution in [0.4, 0.5) is 0 Å². The highest BCUT2D eigenvalue weighted by Gasteiger charge is 2.16. The van der Waals surface area contributed by atoms with Gasteiger partial charge >= 0.3 is 0 Å². The topological polar surface area (TPSA) is 102 Å². The predicted octanol–water partition coefficient (Wildman–Crippen LogP) is 4.16. The van der Waals surface area contributed by atoms with E-state index in [1.54, 1.807) is 29.5 Å². The van der Waals surface area contributed by atoms with Crippen molar-refractivity contribution in [2.75, 3.05) is 0 Å². The van der Waals surface area contributed by atoms with E-state index in [2.05, 4.69) is 10.3 Å². The Labute approximate surface area is 176 Å². The van der Waals surface area contributed by atoms with Crippen molar-refractivity contribution in [3.63, 3.8) is 0 Å². The van der Waals surface area contributed by atoms with Gasteiger partial charge in [0.1, 0.15) is 5.01 Å². The fourth-order valence-electron chi connectivity index (χ4n) is 2.85. The number of aromatic nitrogens is 1. The molecule has 1 atom stereocenters. The van der Waals surface area contributed by atoms with Gasteiger partial charge in [-0.1, -0.05) is 24.3 Å². The molecule has 6 nitrogen and oxygen atoms in total. The third-order valence-electron chi connectivity index (χ3n) is 4.39. The van der Waals surface area contributed by atoms with E-state index in [0.29, 0.717) is 4.88 Å². The van der Waals surface area contributed by atoms with Gasteiger partial charge in [0.2, 0.25) is 10.0 Å². The van der Waals surface area contributed by atoms with Gasteiger partial charge in [0.05, 0.1) is 30.9 Å². The number of sulfonamides is 1. The third kappa shape index (κ3) is 4.23. The summed E-state index contributed by atoms with van der Waals surface area (Å²) in [4.78, 5) is 18.8. The van der Waals surface area contributed by atoms with Gasteiger partial charge in [-0.3, -0.25) is 4.79 Å². The minimum atomic E-state index is -3.74. The molecular formula is C20H17N3O3S3. The Bertz CT molecular complexity index is 1260. The summed E-state index contributed by atoms with van der Waals surface area (Å²) in [6.45, 7) is 1.84. The molecule has 0 aliphatic rings. The standard InChI is InChI=1S/C20H17N3O3S3/c1-12(13-6-8-14(9-7-13)29(21,25)26)22-19(24)17-10-11-18(27-17)20-23-15-4-2-3-5-16(15)28-20/h2-12H,1H3,(H,22,24)(H2,21,25,26)/t12-/m0/s1. The number of hydrogen-bond acceptors (Lipinski definition) is 6.